The quantitative estimate of drug-likeness (QED) is 0.826. The first-order chi connectivity index (χ1) is 12.5. The lowest BCUT2D eigenvalue weighted by molar-refractivity contribution is -0.133. The van der Waals surface area contributed by atoms with E-state index in [-0.39, 0.29) is 30.2 Å². The fourth-order valence-electron chi connectivity index (χ4n) is 2.81. The fraction of sp³-hybridized carbons (Fsp3) is 0.412. The van der Waals surface area contributed by atoms with Crippen molar-refractivity contribution < 1.29 is 18.9 Å². The van der Waals surface area contributed by atoms with E-state index in [1.165, 1.54) is 11.3 Å². The molecule has 1 saturated heterocycles. The molecule has 1 aliphatic heterocycles. The molecule has 9 heteroatoms. The highest BCUT2D eigenvalue weighted by atomic mass is 32.1. The lowest BCUT2D eigenvalue weighted by atomic mass is 9.96. The number of aryl methyl sites for hydroxylation is 1. The summed E-state index contributed by atoms with van der Waals surface area (Å²) in [5.74, 6) is 0.368. The average molecular weight is 376 g/mol. The Labute approximate surface area is 154 Å². The number of nitrogens with one attached hydrogen (secondary N) is 2. The topological polar surface area (TPSA) is 105 Å². The highest BCUT2D eigenvalue weighted by Gasteiger charge is 2.28. The molecule has 0 radical (unpaired) electrons. The first-order valence-electron chi connectivity index (χ1n) is 8.36. The number of aromatic nitrogens is 1. The van der Waals surface area contributed by atoms with Crippen LogP contribution in [0.3, 0.4) is 0 Å². The lowest BCUT2D eigenvalue weighted by Crippen LogP contribution is -2.45. The Morgan fingerprint density at radius 2 is 2.12 bits per heavy atom. The maximum absolute atomic E-state index is 12.2. The Hall–Kier alpha value is -2.68. The lowest BCUT2D eigenvalue weighted by Gasteiger charge is -2.31. The Balaban J connectivity index is 1.42. The normalized spacial score (nSPS) is 14.9. The van der Waals surface area contributed by atoms with Crippen molar-refractivity contribution in [2.24, 2.45) is 5.92 Å². The summed E-state index contributed by atoms with van der Waals surface area (Å²) in [7, 11) is 0. The molecule has 138 valence electrons. The SMILES string of the molecule is Cc1cc(NC(=O)C2CCN(C(=O)CNC(=O)c3cccs3)CC2)no1. The van der Waals surface area contributed by atoms with Gasteiger partial charge in [-0.1, -0.05) is 11.2 Å². The summed E-state index contributed by atoms with van der Waals surface area (Å²) >= 11 is 1.33. The minimum Gasteiger partial charge on any atom is -0.360 e. The van der Waals surface area contributed by atoms with E-state index >= 15 is 0 Å². The van der Waals surface area contributed by atoms with Crippen LogP contribution in [-0.2, 0) is 9.59 Å². The molecule has 1 fully saturated rings. The third-order valence-electron chi connectivity index (χ3n) is 4.24. The van der Waals surface area contributed by atoms with Crippen molar-refractivity contribution in [2.45, 2.75) is 19.8 Å². The van der Waals surface area contributed by atoms with Crippen LogP contribution in [0.2, 0.25) is 0 Å². The first-order valence-corrected chi connectivity index (χ1v) is 9.24. The fourth-order valence-corrected chi connectivity index (χ4v) is 3.45. The monoisotopic (exact) mass is 376 g/mol. The van der Waals surface area contributed by atoms with Crippen molar-refractivity contribution in [3.63, 3.8) is 0 Å². The van der Waals surface area contributed by atoms with Crippen molar-refractivity contribution >= 4 is 34.9 Å². The molecule has 3 heterocycles. The second kappa shape index (κ2) is 8.13. The Bertz CT molecular complexity index is 779. The molecule has 0 bridgehead atoms. The smallest absolute Gasteiger partial charge is 0.261 e. The van der Waals surface area contributed by atoms with Gasteiger partial charge in [0.1, 0.15) is 5.76 Å². The van der Waals surface area contributed by atoms with E-state index in [1.807, 2.05) is 5.38 Å². The third kappa shape index (κ3) is 4.48. The van der Waals surface area contributed by atoms with Crippen LogP contribution in [0.5, 0.6) is 0 Å². The molecule has 2 aromatic heterocycles. The van der Waals surface area contributed by atoms with Crippen LogP contribution >= 0.6 is 11.3 Å². The summed E-state index contributed by atoms with van der Waals surface area (Å²) < 4.78 is 4.92. The number of amides is 3. The van der Waals surface area contributed by atoms with Gasteiger partial charge >= 0.3 is 0 Å². The Kier molecular flexibility index (Phi) is 5.67. The molecule has 8 nitrogen and oxygen atoms in total. The number of nitrogens with zero attached hydrogens (tertiary/aromatic N) is 2. The predicted octanol–water partition coefficient (Wildman–Crippen LogP) is 1.65. The molecule has 0 aromatic carbocycles. The Morgan fingerprint density at radius 1 is 1.35 bits per heavy atom. The highest BCUT2D eigenvalue weighted by molar-refractivity contribution is 7.12. The number of thiophene rings is 1. The van der Waals surface area contributed by atoms with Crippen molar-refractivity contribution in [3.05, 3.63) is 34.2 Å². The van der Waals surface area contributed by atoms with Crippen molar-refractivity contribution in [3.8, 4) is 0 Å². The molecule has 3 amide bonds. The van der Waals surface area contributed by atoms with E-state index in [0.29, 0.717) is 42.4 Å². The minimum absolute atomic E-state index is 0.0359. The van der Waals surface area contributed by atoms with Gasteiger partial charge in [0.25, 0.3) is 5.91 Å². The zero-order valence-electron chi connectivity index (χ0n) is 14.4. The molecular formula is C17H20N4O4S. The number of carbonyl (C=O) groups is 3. The van der Waals surface area contributed by atoms with Crippen LogP contribution in [0.1, 0.15) is 28.3 Å². The molecule has 3 rings (SSSR count). The third-order valence-corrected chi connectivity index (χ3v) is 5.11. The first kappa shape index (κ1) is 18.1. The number of hydrogen-bond donors (Lipinski definition) is 2. The standard InChI is InChI=1S/C17H20N4O4S/c1-11-9-14(20-25-11)19-16(23)12-4-6-21(7-5-12)15(22)10-18-17(24)13-3-2-8-26-13/h2-3,8-9,12H,4-7,10H2,1H3,(H,18,24)(H,19,20,23). The zero-order chi connectivity index (χ0) is 18.5. The molecule has 0 saturated carbocycles. The second-order valence-corrected chi connectivity index (χ2v) is 7.07. The summed E-state index contributed by atoms with van der Waals surface area (Å²) in [6.07, 6.45) is 1.15. The predicted molar refractivity (Wildman–Crippen MR) is 95.8 cm³/mol. The molecule has 0 aliphatic carbocycles. The molecule has 0 spiro atoms. The Morgan fingerprint density at radius 3 is 2.73 bits per heavy atom. The van der Waals surface area contributed by atoms with Crippen molar-refractivity contribution in [2.75, 3.05) is 25.0 Å². The van der Waals surface area contributed by atoms with Gasteiger partial charge < -0.3 is 20.1 Å². The van der Waals surface area contributed by atoms with Crippen LogP contribution < -0.4 is 10.6 Å². The number of rotatable bonds is 5. The van der Waals surface area contributed by atoms with Crippen LogP contribution in [0, 0.1) is 12.8 Å². The molecule has 0 unspecified atom stereocenters. The summed E-state index contributed by atoms with van der Waals surface area (Å²) in [6.45, 7) is 2.70. The van der Waals surface area contributed by atoms with E-state index in [9.17, 15) is 14.4 Å². The van der Waals surface area contributed by atoms with Crippen LogP contribution in [0.25, 0.3) is 0 Å². The second-order valence-electron chi connectivity index (χ2n) is 6.13. The van der Waals surface area contributed by atoms with Gasteiger partial charge in [-0.15, -0.1) is 11.3 Å². The molecule has 0 atom stereocenters. The van der Waals surface area contributed by atoms with E-state index in [0.717, 1.165) is 0 Å². The van der Waals surface area contributed by atoms with E-state index < -0.39 is 0 Å². The molecular weight excluding hydrogens is 356 g/mol. The van der Waals surface area contributed by atoms with Crippen molar-refractivity contribution in [1.29, 1.82) is 0 Å². The molecule has 26 heavy (non-hydrogen) atoms. The van der Waals surface area contributed by atoms with Gasteiger partial charge in [-0.05, 0) is 31.2 Å². The minimum atomic E-state index is -0.245. The van der Waals surface area contributed by atoms with Gasteiger partial charge in [-0.3, -0.25) is 14.4 Å². The average Bonchev–Trinajstić information content (AvgIpc) is 3.31. The largest absolute Gasteiger partial charge is 0.360 e. The highest BCUT2D eigenvalue weighted by Crippen LogP contribution is 2.19. The van der Waals surface area contributed by atoms with Gasteiger partial charge in [0, 0.05) is 25.1 Å². The van der Waals surface area contributed by atoms with Crippen LogP contribution in [-0.4, -0.2) is 47.4 Å². The van der Waals surface area contributed by atoms with E-state index in [2.05, 4.69) is 15.8 Å². The summed E-state index contributed by atoms with van der Waals surface area (Å²) in [5.41, 5.74) is 0. The number of hydrogen-bond acceptors (Lipinski definition) is 6. The zero-order valence-corrected chi connectivity index (χ0v) is 15.2. The number of anilines is 1. The van der Waals surface area contributed by atoms with Gasteiger partial charge in [0.15, 0.2) is 5.82 Å². The van der Waals surface area contributed by atoms with E-state index in [1.54, 1.807) is 30.0 Å². The molecule has 2 aromatic rings. The summed E-state index contributed by atoms with van der Waals surface area (Å²) in [4.78, 5) is 38.6. The number of carbonyl (C=O) groups excluding carboxylic acids is 3. The van der Waals surface area contributed by atoms with Gasteiger partial charge in [-0.25, -0.2) is 0 Å². The summed E-state index contributed by atoms with van der Waals surface area (Å²) in [5, 5.41) is 10.9. The van der Waals surface area contributed by atoms with Gasteiger partial charge in [0.2, 0.25) is 11.8 Å². The van der Waals surface area contributed by atoms with Crippen molar-refractivity contribution in [1.82, 2.24) is 15.4 Å². The maximum Gasteiger partial charge on any atom is 0.261 e. The van der Waals surface area contributed by atoms with E-state index in [4.69, 9.17) is 4.52 Å². The van der Waals surface area contributed by atoms with Gasteiger partial charge in [-0.2, -0.15) is 0 Å². The van der Waals surface area contributed by atoms with Crippen LogP contribution in [0.15, 0.2) is 28.1 Å². The summed E-state index contributed by atoms with van der Waals surface area (Å²) in [6, 6.07) is 5.16. The molecule has 1 aliphatic rings. The number of piperidine rings is 1. The number of likely N-dealkylation sites (tertiary alicyclic amines) is 1. The van der Waals surface area contributed by atoms with Crippen LogP contribution in [0.4, 0.5) is 5.82 Å². The maximum atomic E-state index is 12.2. The molecule has 2 N–H and O–H groups in total. The van der Waals surface area contributed by atoms with Gasteiger partial charge in [0.05, 0.1) is 11.4 Å².